The molecule has 1 N–H and O–H groups in total. The SMILES string of the molecule is Cc1ccc(CNc2ncnc3cnc(Cl)cc23)nn1. The van der Waals surface area contributed by atoms with Gasteiger partial charge in [-0.1, -0.05) is 11.6 Å². The first-order valence-corrected chi connectivity index (χ1v) is 6.39. The van der Waals surface area contributed by atoms with Gasteiger partial charge in [0, 0.05) is 5.39 Å². The molecule has 0 unspecified atom stereocenters. The number of rotatable bonds is 3. The van der Waals surface area contributed by atoms with Crippen molar-refractivity contribution in [3.8, 4) is 0 Å². The number of halogens is 1. The predicted molar refractivity (Wildman–Crippen MR) is 76.4 cm³/mol. The molecule has 0 aromatic carbocycles. The van der Waals surface area contributed by atoms with E-state index >= 15 is 0 Å². The summed E-state index contributed by atoms with van der Waals surface area (Å²) in [5, 5.41) is 12.6. The van der Waals surface area contributed by atoms with Crippen LogP contribution in [0.5, 0.6) is 0 Å². The van der Waals surface area contributed by atoms with Crippen LogP contribution in [0.25, 0.3) is 10.9 Å². The van der Waals surface area contributed by atoms with Crippen molar-refractivity contribution in [1.29, 1.82) is 0 Å². The minimum Gasteiger partial charge on any atom is -0.364 e. The van der Waals surface area contributed by atoms with Gasteiger partial charge in [-0.2, -0.15) is 10.2 Å². The van der Waals surface area contributed by atoms with Gasteiger partial charge in [-0.15, -0.1) is 0 Å². The molecular weight excluding hydrogens is 276 g/mol. The molecule has 0 saturated heterocycles. The van der Waals surface area contributed by atoms with Gasteiger partial charge in [0.2, 0.25) is 0 Å². The zero-order valence-corrected chi connectivity index (χ0v) is 11.5. The first-order valence-electron chi connectivity index (χ1n) is 6.02. The second kappa shape index (κ2) is 5.34. The second-order valence-corrected chi connectivity index (χ2v) is 4.65. The zero-order chi connectivity index (χ0) is 13.9. The quantitative estimate of drug-likeness (QED) is 0.745. The monoisotopic (exact) mass is 286 g/mol. The standard InChI is InChI=1S/C13H11ClN6/c1-8-2-3-9(20-19-8)5-16-13-10-4-12(14)15-6-11(10)17-7-18-13/h2-4,6-7H,5H2,1H3,(H,16,17,18). The lowest BCUT2D eigenvalue weighted by molar-refractivity contribution is 0.895. The lowest BCUT2D eigenvalue weighted by atomic mass is 10.3. The van der Waals surface area contributed by atoms with Crippen LogP contribution in [0.15, 0.2) is 30.7 Å². The summed E-state index contributed by atoms with van der Waals surface area (Å²) in [6.45, 7) is 2.43. The van der Waals surface area contributed by atoms with Gasteiger partial charge in [-0.25, -0.2) is 15.0 Å². The Kier molecular flexibility index (Phi) is 3.39. The molecule has 0 aliphatic carbocycles. The Bertz CT molecular complexity index is 743. The number of hydrogen-bond acceptors (Lipinski definition) is 6. The summed E-state index contributed by atoms with van der Waals surface area (Å²) >= 11 is 5.91. The maximum Gasteiger partial charge on any atom is 0.137 e. The Morgan fingerprint density at radius 3 is 2.85 bits per heavy atom. The molecule has 3 heterocycles. The lowest BCUT2D eigenvalue weighted by Gasteiger charge is -2.07. The number of hydrogen-bond donors (Lipinski definition) is 1. The van der Waals surface area contributed by atoms with Crippen molar-refractivity contribution in [3.63, 3.8) is 0 Å². The zero-order valence-electron chi connectivity index (χ0n) is 10.7. The van der Waals surface area contributed by atoms with Crippen molar-refractivity contribution in [2.45, 2.75) is 13.5 Å². The smallest absolute Gasteiger partial charge is 0.137 e. The highest BCUT2D eigenvalue weighted by Crippen LogP contribution is 2.21. The third-order valence-electron chi connectivity index (χ3n) is 2.78. The fourth-order valence-electron chi connectivity index (χ4n) is 1.77. The topological polar surface area (TPSA) is 76.5 Å². The van der Waals surface area contributed by atoms with Crippen molar-refractivity contribution < 1.29 is 0 Å². The second-order valence-electron chi connectivity index (χ2n) is 4.27. The highest BCUT2D eigenvalue weighted by molar-refractivity contribution is 6.30. The molecule has 0 atom stereocenters. The van der Waals surface area contributed by atoms with E-state index in [4.69, 9.17) is 11.6 Å². The van der Waals surface area contributed by atoms with E-state index in [1.807, 2.05) is 19.1 Å². The molecule has 0 saturated carbocycles. The minimum absolute atomic E-state index is 0.408. The van der Waals surface area contributed by atoms with Crippen molar-refractivity contribution in [2.24, 2.45) is 0 Å². The largest absolute Gasteiger partial charge is 0.364 e. The van der Waals surface area contributed by atoms with Gasteiger partial charge in [0.25, 0.3) is 0 Å². The van der Waals surface area contributed by atoms with E-state index in [2.05, 4.69) is 30.5 Å². The predicted octanol–water partition coefficient (Wildman–Crippen LogP) is 2.39. The van der Waals surface area contributed by atoms with E-state index in [1.165, 1.54) is 6.33 Å². The highest BCUT2D eigenvalue weighted by Gasteiger charge is 2.05. The maximum absolute atomic E-state index is 5.91. The normalized spacial score (nSPS) is 10.7. The molecule has 7 heteroatoms. The molecule has 0 aliphatic heterocycles. The Balaban J connectivity index is 1.87. The van der Waals surface area contributed by atoms with Crippen molar-refractivity contribution in [3.05, 3.63) is 47.3 Å². The van der Waals surface area contributed by atoms with Gasteiger partial charge in [-0.05, 0) is 25.1 Å². The summed E-state index contributed by atoms with van der Waals surface area (Å²) in [7, 11) is 0. The number of fused-ring (bicyclic) bond motifs is 1. The third kappa shape index (κ3) is 2.65. The summed E-state index contributed by atoms with van der Waals surface area (Å²) in [5.74, 6) is 0.696. The van der Waals surface area contributed by atoms with Gasteiger partial charge >= 0.3 is 0 Å². The molecule has 6 nitrogen and oxygen atoms in total. The van der Waals surface area contributed by atoms with Gasteiger partial charge < -0.3 is 5.32 Å². The van der Waals surface area contributed by atoms with Crippen LogP contribution >= 0.6 is 11.6 Å². The summed E-state index contributed by atoms with van der Waals surface area (Å²) in [5.41, 5.74) is 2.46. The summed E-state index contributed by atoms with van der Waals surface area (Å²) < 4.78 is 0. The molecule has 0 bridgehead atoms. The minimum atomic E-state index is 0.408. The Morgan fingerprint density at radius 1 is 1.15 bits per heavy atom. The van der Waals surface area contributed by atoms with E-state index in [-0.39, 0.29) is 0 Å². The van der Waals surface area contributed by atoms with Gasteiger partial charge in [0.15, 0.2) is 0 Å². The Hall–Kier alpha value is -2.34. The molecule has 100 valence electrons. The molecule has 3 rings (SSSR count). The van der Waals surface area contributed by atoms with Gasteiger partial charge in [-0.3, -0.25) is 0 Å². The first kappa shape index (κ1) is 12.7. The number of nitrogens with zero attached hydrogens (tertiary/aromatic N) is 5. The molecule has 20 heavy (non-hydrogen) atoms. The molecule has 3 aromatic heterocycles. The molecule has 0 amide bonds. The van der Waals surface area contributed by atoms with Crippen LogP contribution in [0.3, 0.4) is 0 Å². The van der Waals surface area contributed by atoms with Crippen LogP contribution in [0.2, 0.25) is 5.15 Å². The molecule has 3 aromatic rings. The van der Waals surface area contributed by atoms with E-state index < -0.39 is 0 Å². The number of anilines is 1. The van der Waals surface area contributed by atoms with E-state index in [0.717, 1.165) is 22.3 Å². The fourth-order valence-corrected chi connectivity index (χ4v) is 1.93. The lowest BCUT2D eigenvalue weighted by Crippen LogP contribution is -2.05. The van der Waals surface area contributed by atoms with Gasteiger partial charge in [0.05, 0.1) is 29.6 Å². The maximum atomic E-state index is 5.91. The third-order valence-corrected chi connectivity index (χ3v) is 2.99. The highest BCUT2D eigenvalue weighted by atomic mass is 35.5. The molecule has 0 aliphatic rings. The fraction of sp³-hybridized carbons (Fsp3) is 0.154. The van der Waals surface area contributed by atoms with Crippen LogP contribution in [0.4, 0.5) is 5.82 Å². The summed E-state index contributed by atoms with van der Waals surface area (Å²) in [6.07, 6.45) is 3.11. The van der Waals surface area contributed by atoms with E-state index in [9.17, 15) is 0 Å². The van der Waals surface area contributed by atoms with Crippen LogP contribution in [0, 0.1) is 6.92 Å². The number of aryl methyl sites for hydroxylation is 1. The first-order chi connectivity index (χ1) is 9.72. The number of nitrogens with one attached hydrogen (secondary N) is 1. The Labute approximate surface area is 120 Å². The number of aromatic nitrogens is 5. The molecule has 0 spiro atoms. The summed E-state index contributed by atoms with van der Waals surface area (Å²) in [4.78, 5) is 12.4. The van der Waals surface area contributed by atoms with E-state index in [1.54, 1.807) is 12.3 Å². The van der Waals surface area contributed by atoms with Gasteiger partial charge in [0.1, 0.15) is 17.3 Å². The van der Waals surface area contributed by atoms with Crippen molar-refractivity contribution in [2.75, 3.05) is 5.32 Å². The van der Waals surface area contributed by atoms with Crippen LogP contribution in [-0.4, -0.2) is 25.1 Å². The average molecular weight is 287 g/mol. The van der Waals surface area contributed by atoms with Crippen LogP contribution < -0.4 is 5.32 Å². The van der Waals surface area contributed by atoms with E-state index in [0.29, 0.717) is 17.5 Å². The molecule has 0 fully saturated rings. The average Bonchev–Trinajstić information content (AvgIpc) is 2.47. The molecule has 0 radical (unpaired) electrons. The van der Waals surface area contributed by atoms with Crippen LogP contribution in [-0.2, 0) is 6.54 Å². The summed E-state index contributed by atoms with van der Waals surface area (Å²) in [6, 6.07) is 5.58. The Morgan fingerprint density at radius 2 is 2.05 bits per heavy atom. The molecular formula is C13H11ClN6. The number of pyridine rings is 1. The van der Waals surface area contributed by atoms with Crippen molar-refractivity contribution >= 4 is 28.3 Å². The van der Waals surface area contributed by atoms with Crippen molar-refractivity contribution in [1.82, 2.24) is 25.1 Å². The van der Waals surface area contributed by atoms with Crippen LogP contribution in [0.1, 0.15) is 11.4 Å².